The van der Waals surface area contributed by atoms with Crippen LogP contribution in [0.25, 0.3) is 5.69 Å². The Morgan fingerprint density at radius 1 is 1.46 bits per heavy atom. The van der Waals surface area contributed by atoms with Crippen molar-refractivity contribution in [2.45, 2.75) is 39.3 Å². The topological polar surface area (TPSA) is 89.3 Å². The molecule has 2 rings (SSSR count). The number of nitrogens with zero attached hydrogens (tertiary/aromatic N) is 3. The lowest BCUT2D eigenvalue weighted by atomic mass is 10.1. The number of carbonyl (C=O) groups excluding carboxylic acids is 1. The number of aliphatic hydroxyl groups excluding tert-OH is 1. The third kappa shape index (κ3) is 4.69. The number of nitrogens with one attached hydrogen (secondary N) is 1. The fourth-order valence-electron chi connectivity index (χ4n) is 2.07. The molecule has 24 heavy (non-hydrogen) atoms. The van der Waals surface area contributed by atoms with E-state index in [1.165, 1.54) is 0 Å². The highest BCUT2D eigenvalue weighted by atomic mass is 35.5. The predicted molar refractivity (Wildman–Crippen MR) is 90.3 cm³/mol. The minimum Gasteiger partial charge on any atom is -0.444 e. The molecular formula is C16H21ClN4O3. The first-order chi connectivity index (χ1) is 11.2. The number of amides is 1. The third-order valence-electron chi connectivity index (χ3n) is 3.10. The van der Waals surface area contributed by atoms with Gasteiger partial charge in [0.1, 0.15) is 17.8 Å². The summed E-state index contributed by atoms with van der Waals surface area (Å²) in [4.78, 5) is 16.0. The summed E-state index contributed by atoms with van der Waals surface area (Å²) in [6, 6.07) is 4.53. The van der Waals surface area contributed by atoms with Crippen molar-refractivity contribution < 1.29 is 14.6 Å². The average Bonchev–Trinajstić information content (AvgIpc) is 2.90. The maximum absolute atomic E-state index is 11.9. The van der Waals surface area contributed by atoms with Crippen LogP contribution in [0.4, 0.5) is 4.79 Å². The fraction of sp³-hybridized carbons (Fsp3) is 0.438. The number of hydrogen-bond donors (Lipinski definition) is 2. The Balaban J connectivity index is 2.24. The second-order valence-corrected chi connectivity index (χ2v) is 6.74. The Hall–Kier alpha value is -2.12. The number of carbonyl (C=O) groups is 1. The van der Waals surface area contributed by atoms with Crippen molar-refractivity contribution in [2.75, 3.05) is 6.61 Å². The van der Waals surface area contributed by atoms with Crippen LogP contribution in [0.5, 0.6) is 0 Å². The number of aliphatic hydroxyl groups is 1. The van der Waals surface area contributed by atoms with Gasteiger partial charge in [0.15, 0.2) is 0 Å². The van der Waals surface area contributed by atoms with Crippen LogP contribution in [0.1, 0.15) is 38.2 Å². The van der Waals surface area contributed by atoms with Crippen LogP contribution in [0, 0.1) is 6.92 Å². The Morgan fingerprint density at radius 3 is 2.71 bits per heavy atom. The molecule has 0 fully saturated rings. The van der Waals surface area contributed by atoms with Gasteiger partial charge in [-0.05, 0) is 45.4 Å². The van der Waals surface area contributed by atoms with E-state index in [9.17, 15) is 9.90 Å². The van der Waals surface area contributed by atoms with Crippen molar-refractivity contribution in [2.24, 2.45) is 0 Å². The number of aryl methyl sites for hydroxylation is 1. The first kappa shape index (κ1) is 18.2. The summed E-state index contributed by atoms with van der Waals surface area (Å²) < 4.78 is 6.76. The first-order valence-corrected chi connectivity index (χ1v) is 7.86. The van der Waals surface area contributed by atoms with Crippen LogP contribution in [0.3, 0.4) is 0 Å². The SMILES string of the molecule is Cc1ncn(-c2cc([C@@H](CO)NC(=O)OC(C)(C)C)ccc2Cl)n1. The lowest BCUT2D eigenvalue weighted by Gasteiger charge is -2.23. The predicted octanol–water partition coefficient (Wildman–Crippen LogP) is 2.79. The normalized spacial score (nSPS) is 12.8. The van der Waals surface area contributed by atoms with Gasteiger partial charge in [-0.3, -0.25) is 0 Å². The molecule has 1 aromatic heterocycles. The maximum Gasteiger partial charge on any atom is 0.408 e. The zero-order valence-electron chi connectivity index (χ0n) is 14.1. The lowest BCUT2D eigenvalue weighted by molar-refractivity contribution is 0.0482. The van der Waals surface area contributed by atoms with Crippen LogP contribution in [0.2, 0.25) is 5.02 Å². The molecule has 0 radical (unpaired) electrons. The lowest BCUT2D eigenvalue weighted by Crippen LogP contribution is -2.36. The molecule has 0 saturated carbocycles. The summed E-state index contributed by atoms with van der Waals surface area (Å²) >= 11 is 6.22. The van der Waals surface area contributed by atoms with E-state index in [1.54, 1.807) is 56.9 Å². The molecule has 0 aliphatic heterocycles. The van der Waals surface area contributed by atoms with Crippen LogP contribution in [0.15, 0.2) is 24.5 Å². The van der Waals surface area contributed by atoms with Gasteiger partial charge in [0.2, 0.25) is 0 Å². The van der Waals surface area contributed by atoms with Crippen LogP contribution in [-0.2, 0) is 4.74 Å². The summed E-state index contributed by atoms with van der Waals surface area (Å²) in [5.74, 6) is 0.613. The monoisotopic (exact) mass is 352 g/mol. The number of ether oxygens (including phenoxy) is 1. The molecule has 1 atom stereocenters. The van der Waals surface area contributed by atoms with E-state index in [0.29, 0.717) is 22.1 Å². The summed E-state index contributed by atoms with van der Waals surface area (Å²) in [5.41, 5.74) is 0.670. The van der Waals surface area contributed by atoms with Crippen molar-refractivity contribution in [3.05, 3.63) is 40.9 Å². The van der Waals surface area contributed by atoms with Gasteiger partial charge in [-0.1, -0.05) is 17.7 Å². The summed E-state index contributed by atoms with van der Waals surface area (Å²) in [5, 5.41) is 17.0. The van der Waals surface area contributed by atoms with Gasteiger partial charge in [0, 0.05) is 0 Å². The molecule has 1 aromatic carbocycles. The van der Waals surface area contributed by atoms with E-state index in [2.05, 4.69) is 15.4 Å². The van der Waals surface area contributed by atoms with Gasteiger partial charge < -0.3 is 15.2 Å². The summed E-state index contributed by atoms with van der Waals surface area (Å²) in [6.07, 6.45) is 0.949. The van der Waals surface area contributed by atoms with Crippen LogP contribution >= 0.6 is 11.6 Å². The molecule has 0 aliphatic carbocycles. The molecule has 1 heterocycles. The first-order valence-electron chi connectivity index (χ1n) is 7.48. The Bertz CT molecular complexity index is 724. The standard InChI is InChI=1S/C16H21ClN4O3/c1-10-18-9-21(20-10)14-7-11(5-6-12(14)17)13(8-22)19-15(23)24-16(2,3)4/h5-7,9,13,22H,8H2,1-4H3,(H,19,23)/t13-/m1/s1. The van der Waals surface area contributed by atoms with Crippen LogP contribution < -0.4 is 5.32 Å². The average molecular weight is 353 g/mol. The van der Waals surface area contributed by atoms with Crippen molar-refractivity contribution >= 4 is 17.7 Å². The van der Waals surface area contributed by atoms with Crippen molar-refractivity contribution in [1.29, 1.82) is 0 Å². The zero-order chi connectivity index (χ0) is 17.9. The Kier molecular flexibility index (Phi) is 5.46. The van der Waals surface area contributed by atoms with Gasteiger partial charge in [0.05, 0.1) is 23.4 Å². The maximum atomic E-state index is 11.9. The van der Waals surface area contributed by atoms with Crippen molar-refractivity contribution in [3.8, 4) is 5.69 Å². The van der Waals surface area contributed by atoms with Crippen molar-refractivity contribution in [3.63, 3.8) is 0 Å². The molecule has 0 bridgehead atoms. The number of benzene rings is 1. The van der Waals surface area contributed by atoms with Crippen molar-refractivity contribution in [1.82, 2.24) is 20.1 Å². The molecule has 0 spiro atoms. The molecule has 2 aromatic rings. The Morgan fingerprint density at radius 2 is 2.17 bits per heavy atom. The smallest absolute Gasteiger partial charge is 0.408 e. The van der Waals surface area contributed by atoms with E-state index in [0.717, 1.165) is 0 Å². The summed E-state index contributed by atoms with van der Waals surface area (Å²) in [6.45, 7) is 6.81. The molecular weight excluding hydrogens is 332 g/mol. The largest absolute Gasteiger partial charge is 0.444 e. The van der Waals surface area contributed by atoms with E-state index < -0.39 is 17.7 Å². The summed E-state index contributed by atoms with van der Waals surface area (Å²) in [7, 11) is 0. The number of hydrogen-bond acceptors (Lipinski definition) is 5. The van der Waals surface area contributed by atoms with Crippen LogP contribution in [-0.4, -0.2) is 38.2 Å². The number of halogens is 1. The fourth-order valence-corrected chi connectivity index (χ4v) is 2.27. The second kappa shape index (κ2) is 7.19. The number of alkyl carbamates (subject to hydrolysis) is 1. The van der Waals surface area contributed by atoms with Gasteiger partial charge >= 0.3 is 6.09 Å². The minimum atomic E-state index is -0.625. The highest BCUT2D eigenvalue weighted by molar-refractivity contribution is 6.32. The van der Waals surface area contributed by atoms with E-state index in [-0.39, 0.29) is 6.61 Å². The molecule has 7 nitrogen and oxygen atoms in total. The van der Waals surface area contributed by atoms with Gasteiger partial charge in [-0.2, -0.15) is 5.10 Å². The van der Waals surface area contributed by atoms with E-state index >= 15 is 0 Å². The molecule has 0 aliphatic rings. The highest BCUT2D eigenvalue weighted by Gasteiger charge is 2.21. The molecule has 8 heteroatoms. The molecule has 1 amide bonds. The molecule has 2 N–H and O–H groups in total. The zero-order valence-corrected chi connectivity index (χ0v) is 14.8. The number of aromatic nitrogens is 3. The van der Waals surface area contributed by atoms with Gasteiger partial charge in [-0.15, -0.1) is 0 Å². The quantitative estimate of drug-likeness (QED) is 0.883. The molecule has 130 valence electrons. The number of rotatable bonds is 4. The molecule has 0 saturated heterocycles. The van der Waals surface area contributed by atoms with Gasteiger partial charge in [-0.25, -0.2) is 14.5 Å². The Labute approximate surface area is 145 Å². The highest BCUT2D eigenvalue weighted by Crippen LogP contribution is 2.24. The third-order valence-corrected chi connectivity index (χ3v) is 3.42. The minimum absolute atomic E-state index is 0.281. The van der Waals surface area contributed by atoms with Gasteiger partial charge in [0.25, 0.3) is 0 Å². The van der Waals surface area contributed by atoms with E-state index in [4.69, 9.17) is 16.3 Å². The molecule has 0 unspecified atom stereocenters. The second-order valence-electron chi connectivity index (χ2n) is 6.33. The van der Waals surface area contributed by atoms with E-state index in [1.807, 2.05) is 0 Å².